The molecule has 2 aromatic heterocycles. The van der Waals surface area contributed by atoms with E-state index in [0.29, 0.717) is 5.56 Å². The fraction of sp³-hybridized carbons (Fsp3) is 0.125. The zero-order chi connectivity index (χ0) is 13.4. The van der Waals surface area contributed by atoms with Crippen LogP contribution in [0.15, 0.2) is 42.7 Å². The number of hydrogen-bond donors (Lipinski definition) is 0. The average Bonchev–Trinajstić information content (AvgIpc) is 2.71. The molecule has 1 aromatic carbocycles. The highest BCUT2D eigenvalue weighted by molar-refractivity contribution is 6.01. The van der Waals surface area contributed by atoms with Crippen LogP contribution in [0.1, 0.15) is 16.1 Å². The number of rotatable bonds is 2. The van der Waals surface area contributed by atoms with E-state index in [4.69, 9.17) is 0 Å². The fourth-order valence-corrected chi connectivity index (χ4v) is 2.59. The van der Waals surface area contributed by atoms with Crippen LogP contribution in [0.4, 0.5) is 0 Å². The highest BCUT2D eigenvalue weighted by atomic mass is 16.1. The molecular formula is C16H14N2O. The van der Waals surface area contributed by atoms with Crippen LogP contribution in [0.3, 0.4) is 0 Å². The number of benzene rings is 1. The van der Waals surface area contributed by atoms with E-state index in [-0.39, 0.29) is 0 Å². The highest BCUT2D eigenvalue weighted by Crippen LogP contribution is 2.34. The average molecular weight is 250 g/mol. The molecule has 0 saturated heterocycles. The van der Waals surface area contributed by atoms with E-state index in [2.05, 4.69) is 28.6 Å². The van der Waals surface area contributed by atoms with Gasteiger partial charge in [0.05, 0.1) is 0 Å². The van der Waals surface area contributed by atoms with Crippen molar-refractivity contribution >= 4 is 17.2 Å². The van der Waals surface area contributed by atoms with Crippen LogP contribution in [0.2, 0.25) is 0 Å². The van der Waals surface area contributed by atoms with Gasteiger partial charge < -0.3 is 4.57 Å². The van der Waals surface area contributed by atoms with Crippen LogP contribution in [0.25, 0.3) is 22.0 Å². The van der Waals surface area contributed by atoms with Gasteiger partial charge in [0.2, 0.25) is 0 Å². The smallest absolute Gasteiger partial charge is 0.152 e. The van der Waals surface area contributed by atoms with E-state index in [1.807, 2.05) is 25.2 Å². The van der Waals surface area contributed by atoms with Crippen LogP contribution in [0, 0.1) is 6.92 Å². The number of para-hydroxylation sites is 1. The van der Waals surface area contributed by atoms with E-state index in [1.54, 1.807) is 12.4 Å². The van der Waals surface area contributed by atoms with Crippen molar-refractivity contribution in [3.63, 3.8) is 0 Å². The summed E-state index contributed by atoms with van der Waals surface area (Å²) in [6.45, 7) is 2.07. The Bertz CT molecular complexity index is 772. The summed E-state index contributed by atoms with van der Waals surface area (Å²) in [5, 5.41) is 1.16. The number of pyridine rings is 1. The fourth-order valence-electron chi connectivity index (χ4n) is 2.59. The lowest BCUT2D eigenvalue weighted by Crippen LogP contribution is -1.93. The van der Waals surface area contributed by atoms with Crippen molar-refractivity contribution in [1.29, 1.82) is 0 Å². The normalized spacial score (nSPS) is 10.8. The van der Waals surface area contributed by atoms with Gasteiger partial charge in [0.15, 0.2) is 6.29 Å². The molecule has 3 aromatic rings. The third kappa shape index (κ3) is 1.66. The molecule has 0 bridgehead atoms. The molecule has 3 nitrogen and oxygen atoms in total. The van der Waals surface area contributed by atoms with Gasteiger partial charge in [-0.3, -0.25) is 9.78 Å². The Hall–Kier alpha value is -2.42. The van der Waals surface area contributed by atoms with Crippen LogP contribution in [-0.4, -0.2) is 15.8 Å². The first-order valence-electron chi connectivity index (χ1n) is 6.17. The molecule has 94 valence electrons. The molecule has 19 heavy (non-hydrogen) atoms. The molecule has 0 unspecified atom stereocenters. The van der Waals surface area contributed by atoms with Crippen molar-refractivity contribution in [1.82, 2.24) is 9.55 Å². The molecule has 0 radical (unpaired) electrons. The molecule has 0 aliphatic carbocycles. The van der Waals surface area contributed by atoms with E-state index in [9.17, 15) is 4.79 Å². The Balaban J connectivity index is 2.43. The van der Waals surface area contributed by atoms with Crippen molar-refractivity contribution in [2.45, 2.75) is 6.92 Å². The van der Waals surface area contributed by atoms with E-state index in [1.165, 1.54) is 5.52 Å². The lowest BCUT2D eigenvalue weighted by molar-refractivity contribution is 0.112. The standard InChI is InChI=1S/C16H14N2O/c1-11-16(13-7-8-17-9-12(13)10-19)14-5-3-4-6-15(14)18(11)2/h3-10H,1-2H3. The summed E-state index contributed by atoms with van der Waals surface area (Å²) in [5.74, 6) is 0. The molecule has 0 N–H and O–H groups in total. The maximum Gasteiger partial charge on any atom is 0.152 e. The number of fused-ring (bicyclic) bond motifs is 1. The van der Waals surface area contributed by atoms with Crippen molar-refractivity contribution in [2.24, 2.45) is 7.05 Å². The first-order chi connectivity index (χ1) is 9.24. The van der Waals surface area contributed by atoms with Crippen LogP contribution in [-0.2, 0) is 7.05 Å². The summed E-state index contributed by atoms with van der Waals surface area (Å²) in [6, 6.07) is 10.1. The monoisotopic (exact) mass is 250 g/mol. The molecule has 0 atom stereocenters. The zero-order valence-corrected chi connectivity index (χ0v) is 10.9. The lowest BCUT2D eigenvalue weighted by atomic mass is 9.99. The lowest BCUT2D eigenvalue weighted by Gasteiger charge is -2.05. The molecule has 0 fully saturated rings. The minimum atomic E-state index is 0.627. The minimum Gasteiger partial charge on any atom is -0.347 e. The maximum atomic E-state index is 11.2. The number of nitrogens with zero attached hydrogens (tertiary/aromatic N) is 2. The molecule has 0 aliphatic heterocycles. The highest BCUT2D eigenvalue weighted by Gasteiger charge is 2.15. The van der Waals surface area contributed by atoms with Gasteiger partial charge in [0.1, 0.15) is 0 Å². The van der Waals surface area contributed by atoms with Crippen LogP contribution >= 0.6 is 0 Å². The summed E-state index contributed by atoms with van der Waals surface area (Å²) >= 11 is 0. The van der Waals surface area contributed by atoms with Crippen molar-refractivity contribution in [3.8, 4) is 11.1 Å². The van der Waals surface area contributed by atoms with Gasteiger partial charge in [-0.1, -0.05) is 18.2 Å². The second kappa shape index (κ2) is 4.35. The molecule has 0 saturated carbocycles. The predicted octanol–water partition coefficient (Wildman–Crippen LogP) is 3.36. The number of aldehydes is 1. The van der Waals surface area contributed by atoms with Gasteiger partial charge in [0, 0.05) is 47.2 Å². The van der Waals surface area contributed by atoms with Crippen molar-refractivity contribution in [2.75, 3.05) is 0 Å². The van der Waals surface area contributed by atoms with Gasteiger partial charge in [-0.15, -0.1) is 0 Å². The van der Waals surface area contributed by atoms with E-state index in [0.717, 1.165) is 28.5 Å². The first-order valence-corrected chi connectivity index (χ1v) is 6.17. The van der Waals surface area contributed by atoms with Gasteiger partial charge in [-0.25, -0.2) is 0 Å². The number of aromatic nitrogens is 2. The third-order valence-electron chi connectivity index (χ3n) is 3.65. The summed E-state index contributed by atoms with van der Waals surface area (Å²) in [6.07, 6.45) is 4.20. The number of aryl methyl sites for hydroxylation is 1. The number of hydrogen-bond acceptors (Lipinski definition) is 2. The largest absolute Gasteiger partial charge is 0.347 e. The molecule has 0 amide bonds. The summed E-state index contributed by atoms with van der Waals surface area (Å²) in [4.78, 5) is 15.2. The Kier molecular flexibility index (Phi) is 2.67. The number of carbonyl (C=O) groups is 1. The Morgan fingerprint density at radius 2 is 2.00 bits per heavy atom. The van der Waals surface area contributed by atoms with Crippen LogP contribution in [0.5, 0.6) is 0 Å². The quantitative estimate of drug-likeness (QED) is 0.654. The third-order valence-corrected chi connectivity index (χ3v) is 3.65. The summed E-state index contributed by atoms with van der Waals surface area (Å²) in [7, 11) is 2.04. The molecular weight excluding hydrogens is 236 g/mol. The Labute approximate surface area is 111 Å². The van der Waals surface area contributed by atoms with Crippen molar-refractivity contribution < 1.29 is 4.79 Å². The predicted molar refractivity (Wildman–Crippen MR) is 76.3 cm³/mol. The molecule has 3 heteroatoms. The number of carbonyl (C=O) groups excluding carboxylic acids is 1. The topological polar surface area (TPSA) is 34.9 Å². The summed E-state index contributed by atoms with van der Waals surface area (Å²) < 4.78 is 2.15. The van der Waals surface area contributed by atoms with Gasteiger partial charge in [-0.2, -0.15) is 0 Å². The van der Waals surface area contributed by atoms with Gasteiger partial charge >= 0.3 is 0 Å². The van der Waals surface area contributed by atoms with E-state index < -0.39 is 0 Å². The maximum absolute atomic E-state index is 11.2. The molecule has 3 rings (SSSR count). The Morgan fingerprint density at radius 1 is 1.21 bits per heavy atom. The van der Waals surface area contributed by atoms with E-state index >= 15 is 0 Å². The molecule has 0 spiro atoms. The van der Waals surface area contributed by atoms with Crippen LogP contribution < -0.4 is 0 Å². The zero-order valence-electron chi connectivity index (χ0n) is 10.9. The molecule has 0 aliphatic rings. The Morgan fingerprint density at radius 3 is 2.79 bits per heavy atom. The first kappa shape index (κ1) is 11.7. The molecule has 2 heterocycles. The summed E-state index contributed by atoms with van der Waals surface area (Å²) in [5.41, 5.74) is 5.00. The van der Waals surface area contributed by atoms with Crippen molar-refractivity contribution in [3.05, 3.63) is 54.0 Å². The van der Waals surface area contributed by atoms with Gasteiger partial charge in [-0.05, 0) is 24.6 Å². The van der Waals surface area contributed by atoms with Gasteiger partial charge in [0.25, 0.3) is 0 Å². The second-order valence-electron chi connectivity index (χ2n) is 4.62. The minimum absolute atomic E-state index is 0.627. The second-order valence-corrected chi connectivity index (χ2v) is 4.62. The SMILES string of the molecule is Cc1c(-c2ccncc2C=O)c2ccccc2n1C.